The first-order valence-electron chi connectivity index (χ1n) is 14.8. The van der Waals surface area contributed by atoms with E-state index >= 15 is 4.39 Å². The van der Waals surface area contributed by atoms with Gasteiger partial charge in [0.2, 0.25) is 5.79 Å². The van der Waals surface area contributed by atoms with E-state index in [9.17, 15) is 19.8 Å². The lowest BCUT2D eigenvalue weighted by Gasteiger charge is -2.43. The minimum absolute atomic E-state index is 0.0672. The molecule has 0 spiro atoms. The first kappa shape index (κ1) is 31.0. The normalized spacial score (nSPS) is 19.3. The van der Waals surface area contributed by atoms with Gasteiger partial charge >= 0.3 is 5.69 Å². The number of alkyl halides is 1. The van der Waals surface area contributed by atoms with E-state index in [1.807, 2.05) is 91.0 Å². The van der Waals surface area contributed by atoms with Crippen molar-refractivity contribution >= 4 is 11.7 Å². The summed E-state index contributed by atoms with van der Waals surface area (Å²) >= 11 is 0. The zero-order valence-corrected chi connectivity index (χ0v) is 24.6. The summed E-state index contributed by atoms with van der Waals surface area (Å²) in [5.41, 5.74) is 0.716. The Balaban J connectivity index is 1.29. The molecule has 234 valence electrons. The second-order valence-corrected chi connectivity index (χ2v) is 11.0. The third kappa shape index (κ3) is 6.11. The summed E-state index contributed by atoms with van der Waals surface area (Å²) in [6.07, 6.45) is -4.29. The predicted molar refractivity (Wildman–Crippen MR) is 169 cm³/mol. The van der Waals surface area contributed by atoms with Crippen LogP contribution in [0.4, 0.5) is 10.2 Å². The lowest BCUT2D eigenvalue weighted by Crippen LogP contribution is -2.57. The van der Waals surface area contributed by atoms with E-state index in [1.54, 1.807) is 30.3 Å². The monoisotopic (exact) mass is 621 g/mol. The van der Waals surface area contributed by atoms with Gasteiger partial charge in [-0.1, -0.05) is 109 Å². The Labute approximate surface area is 264 Å². The molecule has 0 unspecified atom stereocenters. The quantitative estimate of drug-likeness (QED) is 0.160. The van der Waals surface area contributed by atoms with Gasteiger partial charge in [-0.25, -0.2) is 9.18 Å². The maximum atomic E-state index is 15.5. The number of benzene rings is 4. The molecule has 1 aliphatic rings. The molecule has 5 aromatic rings. The second kappa shape index (κ2) is 13.2. The molecule has 3 N–H and O–H groups in total. The van der Waals surface area contributed by atoms with Crippen molar-refractivity contribution in [1.29, 1.82) is 0 Å². The van der Waals surface area contributed by atoms with Crippen molar-refractivity contribution in [3.63, 3.8) is 0 Å². The highest BCUT2D eigenvalue weighted by Gasteiger charge is 2.52. The molecule has 0 aliphatic carbocycles. The van der Waals surface area contributed by atoms with E-state index in [2.05, 4.69) is 10.3 Å². The molecule has 1 aliphatic heterocycles. The van der Waals surface area contributed by atoms with Crippen LogP contribution in [-0.4, -0.2) is 50.3 Å². The van der Waals surface area contributed by atoms with E-state index in [0.717, 1.165) is 21.3 Å². The highest BCUT2D eigenvalue weighted by atomic mass is 19.1. The number of hydrogen-bond donors (Lipinski definition) is 3. The molecule has 0 saturated carbocycles. The highest BCUT2D eigenvalue weighted by Crippen LogP contribution is 2.42. The Kier molecular flexibility index (Phi) is 8.87. The third-order valence-corrected chi connectivity index (χ3v) is 8.00. The van der Waals surface area contributed by atoms with E-state index < -0.39 is 47.9 Å². The molecule has 0 bridgehead atoms. The van der Waals surface area contributed by atoms with Crippen molar-refractivity contribution < 1.29 is 28.9 Å². The molecule has 10 heteroatoms. The number of carbonyl (C=O) groups excluding carboxylic acids is 1. The minimum Gasteiger partial charge on any atom is -0.360 e. The first-order valence-corrected chi connectivity index (χ1v) is 14.8. The molecule has 46 heavy (non-hydrogen) atoms. The van der Waals surface area contributed by atoms with Gasteiger partial charge in [-0.2, -0.15) is 4.98 Å². The third-order valence-electron chi connectivity index (χ3n) is 8.00. The van der Waals surface area contributed by atoms with Gasteiger partial charge in [0.1, 0.15) is 11.4 Å². The molecule has 4 aromatic carbocycles. The molecule has 2 heterocycles. The van der Waals surface area contributed by atoms with Crippen LogP contribution in [0.15, 0.2) is 138 Å². The van der Waals surface area contributed by atoms with Crippen LogP contribution in [-0.2, 0) is 15.1 Å². The van der Waals surface area contributed by atoms with Crippen molar-refractivity contribution in [2.45, 2.75) is 36.3 Å². The number of anilines is 1. The summed E-state index contributed by atoms with van der Waals surface area (Å²) in [5.74, 6) is -3.60. The van der Waals surface area contributed by atoms with Gasteiger partial charge in [-0.05, 0) is 34.9 Å². The number of aliphatic hydroxyl groups is 2. The van der Waals surface area contributed by atoms with Crippen LogP contribution in [0, 0.1) is 0 Å². The van der Waals surface area contributed by atoms with Crippen LogP contribution in [0.5, 0.6) is 0 Å². The summed E-state index contributed by atoms with van der Waals surface area (Å²) in [7, 11) is 0. The lowest BCUT2D eigenvalue weighted by atomic mass is 9.80. The number of nitrogens with one attached hydrogen (secondary N) is 1. The van der Waals surface area contributed by atoms with Gasteiger partial charge in [0.25, 0.3) is 5.91 Å². The summed E-state index contributed by atoms with van der Waals surface area (Å²) in [5, 5.41) is 24.1. The zero-order valence-electron chi connectivity index (χ0n) is 24.6. The Morgan fingerprint density at radius 1 is 0.870 bits per heavy atom. The standard InChI is InChI=1S/C36H32FN3O6/c37-30-23-29(24-45-35(26-15-7-2-8-16-26,27-17-9-3-10-18-27)28-19-11-4-12-20-28)46-33(36(30,43)44)40-22-21-31(39-34(40)42)38-32(41)25-13-5-1-6-14-25/h1-22,29-30,33,43-44H,23-24H2,(H,38,39,41,42)/t29-,30-,33+/m0/s1. The van der Waals surface area contributed by atoms with Crippen LogP contribution in [0.3, 0.4) is 0 Å². The minimum atomic E-state index is -3.05. The van der Waals surface area contributed by atoms with Crippen molar-refractivity contribution in [1.82, 2.24) is 9.55 Å². The number of nitrogens with zero attached hydrogens (tertiary/aromatic N) is 2. The van der Waals surface area contributed by atoms with Gasteiger partial charge in [0.15, 0.2) is 12.4 Å². The first-order chi connectivity index (χ1) is 22.3. The highest BCUT2D eigenvalue weighted by molar-refractivity contribution is 6.03. The number of halogens is 1. The van der Waals surface area contributed by atoms with Crippen LogP contribution in [0.1, 0.15) is 39.7 Å². The fraction of sp³-hybridized carbons (Fsp3) is 0.194. The maximum Gasteiger partial charge on any atom is 0.351 e. The van der Waals surface area contributed by atoms with Crippen LogP contribution < -0.4 is 11.0 Å². The van der Waals surface area contributed by atoms with Crippen molar-refractivity contribution in [3.05, 3.63) is 166 Å². The van der Waals surface area contributed by atoms with Crippen molar-refractivity contribution in [2.24, 2.45) is 0 Å². The Bertz CT molecular complexity index is 1720. The SMILES string of the molecule is O=C(Nc1ccn([C@@H]2O[C@H](COC(c3ccccc3)(c3ccccc3)c3ccccc3)C[C@H](F)C2(O)O)c(=O)n1)c1ccccc1. The number of carbonyl (C=O) groups is 1. The molecule has 1 saturated heterocycles. The smallest absolute Gasteiger partial charge is 0.351 e. The average molecular weight is 622 g/mol. The van der Waals surface area contributed by atoms with E-state index in [4.69, 9.17) is 9.47 Å². The molecule has 1 fully saturated rings. The molecule has 9 nitrogen and oxygen atoms in total. The number of amides is 1. The number of rotatable bonds is 9. The zero-order chi connectivity index (χ0) is 32.1. The fourth-order valence-electron chi connectivity index (χ4n) is 5.70. The molecule has 3 atom stereocenters. The maximum absolute atomic E-state index is 15.5. The molecule has 0 radical (unpaired) electrons. The molecule has 6 rings (SSSR count). The van der Waals surface area contributed by atoms with Gasteiger partial charge in [-0.3, -0.25) is 9.36 Å². The Hall–Kier alpha value is -5.00. The van der Waals surface area contributed by atoms with Crippen molar-refractivity contribution in [3.8, 4) is 0 Å². The lowest BCUT2D eigenvalue weighted by molar-refractivity contribution is -0.337. The molecular formula is C36H32FN3O6. The number of hydrogen-bond acceptors (Lipinski definition) is 7. The van der Waals surface area contributed by atoms with Gasteiger partial charge < -0.3 is 25.0 Å². The van der Waals surface area contributed by atoms with E-state index in [-0.39, 0.29) is 12.4 Å². The molecule has 1 aromatic heterocycles. The van der Waals surface area contributed by atoms with Crippen LogP contribution >= 0.6 is 0 Å². The number of aromatic nitrogens is 2. The average Bonchev–Trinajstić information content (AvgIpc) is 3.09. The summed E-state index contributed by atoms with van der Waals surface area (Å²) in [4.78, 5) is 29.5. The van der Waals surface area contributed by atoms with Gasteiger partial charge in [0, 0.05) is 18.2 Å². The van der Waals surface area contributed by atoms with Crippen molar-refractivity contribution in [2.75, 3.05) is 11.9 Å². The molecular weight excluding hydrogens is 589 g/mol. The topological polar surface area (TPSA) is 123 Å². The molecule has 1 amide bonds. The summed E-state index contributed by atoms with van der Waals surface area (Å²) in [6.45, 7) is -0.168. The second-order valence-electron chi connectivity index (χ2n) is 11.0. The summed E-state index contributed by atoms with van der Waals surface area (Å²) < 4.78 is 29.0. The fourth-order valence-corrected chi connectivity index (χ4v) is 5.70. The largest absolute Gasteiger partial charge is 0.360 e. The Morgan fingerprint density at radius 2 is 1.37 bits per heavy atom. The predicted octanol–water partition coefficient (Wildman–Crippen LogP) is 4.81. The van der Waals surface area contributed by atoms with Crippen LogP contribution in [0.25, 0.3) is 0 Å². The van der Waals surface area contributed by atoms with Crippen LogP contribution in [0.2, 0.25) is 0 Å². The van der Waals surface area contributed by atoms with E-state index in [1.165, 1.54) is 12.3 Å². The summed E-state index contributed by atoms with van der Waals surface area (Å²) in [6, 6.07) is 38.4. The van der Waals surface area contributed by atoms with Gasteiger partial charge in [0.05, 0.1) is 12.7 Å². The van der Waals surface area contributed by atoms with Gasteiger partial charge in [-0.15, -0.1) is 0 Å². The van der Waals surface area contributed by atoms with E-state index in [0.29, 0.717) is 5.56 Å². The number of ether oxygens (including phenoxy) is 2. The Morgan fingerprint density at radius 3 is 1.87 bits per heavy atom.